The average molecular weight is 457 g/mol. The summed E-state index contributed by atoms with van der Waals surface area (Å²) < 4.78 is 24.7. The van der Waals surface area contributed by atoms with Crippen molar-refractivity contribution in [2.24, 2.45) is 0 Å². The number of likely N-dealkylation sites (tertiary alicyclic amines) is 1. The molecule has 0 spiro atoms. The van der Waals surface area contributed by atoms with E-state index in [1.807, 2.05) is 11.0 Å². The summed E-state index contributed by atoms with van der Waals surface area (Å²) in [5, 5.41) is 9.76. The maximum atomic E-state index is 13.4. The minimum atomic E-state index is -0.282. The van der Waals surface area contributed by atoms with E-state index in [9.17, 15) is 14.3 Å². The average Bonchev–Trinajstić information content (AvgIpc) is 2.83. The Bertz CT molecular complexity index is 893. The molecular weight excluding hydrogens is 423 g/mol. The number of hydrogen-bond donors (Lipinski definition) is 1. The third-order valence-electron chi connectivity index (χ3n) is 6.43. The van der Waals surface area contributed by atoms with Crippen LogP contribution in [0.5, 0.6) is 5.75 Å². The fraction of sp³-hybridized carbons (Fsp3) is 0.500. The van der Waals surface area contributed by atoms with E-state index in [2.05, 4.69) is 4.90 Å². The number of carbonyl (C=O) groups is 1. The highest BCUT2D eigenvalue weighted by Gasteiger charge is 2.28. The van der Waals surface area contributed by atoms with Crippen molar-refractivity contribution < 1.29 is 23.8 Å². The van der Waals surface area contributed by atoms with Crippen LogP contribution in [0.1, 0.15) is 36.8 Å². The van der Waals surface area contributed by atoms with Gasteiger partial charge in [0, 0.05) is 38.6 Å². The Morgan fingerprint density at radius 3 is 2.48 bits per heavy atom. The van der Waals surface area contributed by atoms with Gasteiger partial charge in [0.2, 0.25) is 5.91 Å². The Morgan fingerprint density at radius 1 is 1.06 bits per heavy atom. The highest BCUT2D eigenvalue weighted by atomic mass is 19.1. The number of aromatic hydroxyl groups is 1. The fourth-order valence-electron chi connectivity index (χ4n) is 4.60. The molecule has 1 N–H and O–H groups in total. The molecule has 2 aromatic rings. The molecule has 0 aromatic heterocycles. The number of phenolic OH excluding ortho intramolecular Hbond substituents is 1. The van der Waals surface area contributed by atoms with Crippen LogP contribution in [-0.4, -0.2) is 66.0 Å². The Morgan fingerprint density at radius 2 is 1.79 bits per heavy atom. The van der Waals surface area contributed by atoms with Crippen LogP contribution in [0.4, 0.5) is 4.39 Å². The van der Waals surface area contributed by atoms with E-state index in [1.54, 1.807) is 30.3 Å². The standard InChI is InChI=1S/C26H33FN2O4/c27-22-7-5-20(6-8-22)19-29(25(31)18-21-3-1-4-24(30)17-21)23-9-12-28(13-10-23)14-11-26-32-15-2-16-33-26/h1,3-8,17,23,26,30H,2,9-16,18-19H2. The summed E-state index contributed by atoms with van der Waals surface area (Å²) in [6.07, 6.45) is 3.73. The number of nitrogens with zero attached hydrogens (tertiary/aromatic N) is 2. The van der Waals surface area contributed by atoms with E-state index in [0.29, 0.717) is 6.54 Å². The van der Waals surface area contributed by atoms with Crippen molar-refractivity contribution in [1.29, 1.82) is 0 Å². The van der Waals surface area contributed by atoms with Gasteiger partial charge in [-0.25, -0.2) is 4.39 Å². The number of carbonyl (C=O) groups excluding carboxylic acids is 1. The lowest BCUT2D eigenvalue weighted by Gasteiger charge is -2.39. The molecule has 0 atom stereocenters. The Labute approximate surface area is 194 Å². The van der Waals surface area contributed by atoms with Crippen LogP contribution in [0.2, 0.25) is 0 Å². The van der Waals surface area contributed by atoms with Gasteiger partial charge in [0.25, 0.3) is 0 Å². The van der Waals surface area contributed by atoms with Gasteiger partial charge in [-0.2, -0.15) is 0 Å². The number of ether oxygens (including phenoxy) is 2. The highest BCUT2D eigenvalue weighted by Crippen LogP contribution is 2.22. The third kappa shape index (κ3) is 7.00. The second-order valence-electron chi connectivity index (χ2n) is 8.88. The first kappa shape index (κ1) is 23.7. The maximum absolute atomic E-state index is 13.4. The lowest BCUT2D eigenvalue weighted by Crippen LogP contribution is -2.48. The van der Waals surface area contributed by atoms with Crippen molar-refractivity contribution in [3.8, 4) is 5.75 Å². The summed E-state index contributed by atoms with van der Waals surface area (Å²) in [5.41, 5.74) is 1.70. The van der Waals surface area contributed by atoms with Crippen molar-refractivity contribution in [3.05, 3.63) is 65.5 Å². The van der Waals surface area contributed by atoms with Gasteiger partial charge in [-0.15, -0.1) is 0 Å². The summed E-state index contributed by atoms with van der Waals surface area (Å²) in [7, 11) is 0. The van der Waals surface area contributed by atoms with Crippen LogP contribution in [0.3, 0.4) is 0 Å². The van der Waals surface area contributed by atoms with Gasteiger partial charge in [0.15, 0.2) is 6.29 Å². The SMILES string of the molecule is O=C(Cc1cccc(O)c1)N(Cc1ccc(F)cc1)C1CCN(CCC2OCCCO2)CC1. The summed E-state index contributed by atoms with van der Waals surface area (Å²) in [4.78, 5) is 17.7. The lowest BCUT2D eigenvalue weighted by atomic mass is 10.0. The van der Waals surface area contributed by atoms with Crippen molar-refractivity contribution in [3.63, 3.8) is 0 Å². The van der Waals surface area contributed by atoms with Crippen molar-refractivity contribution in [2.75, 3.05) is 32.8 Å². The molecule has 178 valence electrons. The molecule has 4 rings (SSSR count). The van der Waals surface area contributed by atoms with Gasteiger partial charge in [0.05, 0.1) is 19.6 Å². The highest BCUT2D eigenvalue weighted by molar-refractivity contribution is 5.79. The van der Waals surface area contributed by atoms with E-state index in [1.165, 1.54) is 12.1 Å². The van der Waals surface area contributed by atoms with Crippen LogP contribution < -0.4 is 0 Å². The minimum absolute atomic E-state index is 0.0207. The largest absolute Gasteiger partial charge is 0.508 e. The Kier molecular flexibility index (Phi) is 8.31. The van der Waals surface area contributed by atoms with Crippen LogP contribution in [-0.2, 0) is 27.2 Å². The molecule has 2 aliphatic rings. The number of halogens is 1. The molecule has 2 fully saturated rings. The quantitative estimate of drug-likeness (QED) is 0.656. The van der Waals surface area contributed by atoms with E-state index in [4.69, 9.17) is 9.47 Å². The molecule has 0 bridgehead atoms. The molecule has 7 heteroatoms. The summed E-state index contributed by atoms with van der Waals surface area (Å²) >= 11 is 0. The van der Waals surface area contributed by atoms with Gasteiger partial charge in [-0.1, -0.05) is 24.3 Å². The monoisotopic (exact) mass is 456 g/mol. The van der Waals surface area contributed by atoms with Gasteiger partial charge < -0.3 is 24.4 Å². The molecule has 0 aliphatic carbocycles. The smallest absolute Gasteiger partial charge is 0.227 e. The van der Waals surface area contributed by atoms with Gasteiger partial charge >= 0.3 is 0 Å². The molecule has 0 radical (unpaired) electrons. The first-order valence-electron chi connectivity index (χ1n) is 11.8. The van der Waals surface area contributed by atoms with Crippen LogP contribution in [0.25, 0.3) is 0 Å². The van der Waals surface area contributed by atoms with Crippen LogP contribution >= 0.6 is 0 Å². The number of hydrogen-bond acceptors (Lipinski definition) is 5. The molecule has 2 heterocycles. The van der Waals surface area contributed by atoms with Gasteiger partial charge in [0.1, 0.15) is 11.6 Å². The molecular formula is C26H33FN2O4. The number of benzene rings is 2. The Balaban J connectivity index is 1.37. The molecule has 1 amide bonds. The van der Waals surface area contributed by atoms with E-state index >= 15 is 0 Å². The van der Waals surface area contributed by atoms with E-state index in [-0.39, 0.29) is 36.2 Å². The first-order chi connectivity index (χ1) is 16.1. The summed E-state index contributed by atoms with van der Waals surface area (Å²) in [6.45, 7) is 4.74. The third-order valence-corrected chi connectivity index (χ3v) is 6.43. The molecule has 2 aliphatic heterocycles. The van der Waals surface area contributed by atoms with Crippen molar-refractivity contribution in [1.82, 2.24) is 9.80 Å². The summed E-state index contributed by atoms with van der Waals surface area (Å²) in [6, 6.07) is 13.3. The zero-order chi connectivity index (χ0) is 23.0. The second-order valence-corrected chi connectivity index (χ2v) is 8.88. The predicted molar refractivity (Wildman–Crippen MR) is 123 cm³/mol. The van der Waals surface area contributed by atoms with Gasteiger partial charge in [-0.05, 0) is 54.7 Å². The molecule has 2 aromatic carbocycles. The topological polar surface area (TPSA) is 62.2 Å². The van der Waals surface area contributed by atoms with E-state index < -0.39 is 0 Å². The first-order valence-corrected chi connectivity index (χ1v) is 11.8. The number of piperidine rings is 1. The maximum Gasteiger partial charge on any atom is 0.227 e. The fourth-order valence-corrected chi connectivity index (χ4v) is 4.60. The van der Waals surface area contributed by atoms with Crippen molar-refractivity contribution in [2.45, 2.75) is 51.0 Å². The predicted octanol–water partition coefficient (Wildman–Crippen LogP) is 3.72. The molecule has 6 nitrogen and oxygen atoms in total. The number of amides is 1. The number of rotatable bonds is 8. The molecule has 0 unspecified atom stereocenters. The van der Waals surface area contributed by atoms with E-state index in [0.717, 1.165) is 69.7 Å². The van der Waals surface area contributed by atoms with Crippen molar-refractivity contribution >= 4 is 5.91 Å². The van der Waals surface area contributed by atoms with Crippen LogP contribution in [0, 0.1) is 5.82 Å². The number of phenols is 1. The normalized spacial score (nSPS) is 18.3. The summed E-state index contributed by atoms with van der Waals surface area (Å²) in [5.74, 6) is -0.104. The second kappa shape index (κ2) is 11.6. The molecule has 0 saturated carbocycles. The zero-order valence-corrected chi connectivity index (χ0v) is 19.0. The lowest BCUT2D eigenvalue weighted by molar-refractivity contribution is -0.182. The molecule has 2 saturated heterocycles. The van der Waals surface area contributed by atoms with Crippen LogP contribution in [0.15, 0.2) is 48.5 Å². The van der Waals surface area contributed by atoms with Gasteiger partial charge in [-0.3, -0.25) is 4.79 Å². The minimum Gasteiger partial charge on any atom is -0.508 e. The zero-order valence-electron chi connectivity index (χ0n) is 19.0. The Hall–Kier alpha value is -2.48. The molecule has 33 heavy (non-hydrogen) atoms.